The number of pyridine rings is 1. The molecule has 1 aliphatic heterocycles. The Kier molecular flexibility index (Phi) is 5.70. The summed E-state index contributed by atoms with van der Waals surface area (Å²) in [6.45, 7) is 2.61. The van der Waals surface area contributed by atoms with Crippen LogP contribution < -0.4 is 0 Å². The maximum atomic E-state index is 13.2. The van der Waals surface area contributed by atoms with Crippen LogP contribution in [0.25, 0.3) is 16.9 Å². The first-order valence-corrected chi connectivity index (χ1v) is 12.4. The zero-order chi connectivity index (χ0) is 23.9. The third-order valence-electron chi connectivity index (χ3n) is 6.14. The van der Waals surface area contributed by atoms with Crippen molar-refractivity contribution in [2.45, 2.75) is 30.6 Å². The van der Waals surface area contributed by atoms with E-state index < -0.39 is 16.0 Å². The van der Waals surface area contributed by atoms with Gasteiger partial charge in [0.15, 0.2) is 0 Å². The summed E-state index contributed by atoms with van der Waals surface area (Å²) in [5.41, 5.74) is 3.13. The summed E-state index contributed by atoms with van der Waals surface area (Å²) in [6, 6.07) is 12.2. The largest absolute Gasteiger partial charge is 0.465 e. The van der Waals surface area contributed by atoms with E-state index in [9.17, 15) is 13.2 Å². The summed E-state index contributed by atoms with van der Waals surface area (Å²) in [4.78, 5) is 16.6. The van der Waals surface area contributed by atoms with Gasteiger partial charge in [0.05, 0.1) is 17.6 Å². The van der Waals surface area contributed by atoms with Gasteiger partial charge in [0.2, 0.25) is 21.7 Å². The molecule has 0 bridgehead atoms. The SMILES string of the molecule is COC(=O)c1ccccc1S(=O)(=O)N1CCC(c2nc(-c3ccc4cc(C)cn4c3)no2)CC1. The average Bonchev–Trinajstić information content (AvgIpc) is 3.49. The highest BCUT2D eigenvalue weighted by Gasteiger charge is 2.34. The van der Waals surface area contributed by atoms with Crippen LogP contribution in [0.1, 0.15) is 40.6 Å². The minimum absolute atomic E-state index is 0.0310. The normalized spacial score (nSPS) is 15.6. The second-order valence-electron chi connectivity index (χ2n) is 8.39. The van der Waals surface area contributed by atoms with E-state index in [1.807, 2.05) is 35.9 Å². The molecule has 0 spiro atoms. The smallest absolute Gasteiger partial charge is 0.339 e. The summed E-state index contributed by atoms with van der Waals surface area (Å²) >= 11 is 0. The van der Waals surface area contributed by atoms with Crippen molar-refractivity contribution in [1.82, 2.24) is 18.8 Å². The van der Waals surface area contributed by atoms with E-state index in [2.05, 4.69) is 16.2 Å². The zero-order valence-corrected chi connectivity index (χ0v) is 19.7. The highest BCUT2D eigenvalue weighted by molar-refractivity contribution is 7.89. The van der Waals surface area contributed by atoms with Gasteiger partial charge in [-0.25, -0.2) is 13.2 Å². The van der Waals surface area contributed by atoms with Crippen molar-refractivity contribution >= 4 is 21.5 Å². The van der Waals surface area contributed by atoms with Gasteiger partial charge < -0.3 is 13.7 Å². The first-order chi connectivity index (χ1) is 16.4. The van der Waals surface area contributed by atoms with Gasteiger partial charge in [-0.2, -0.15) is 9.29 Å². The van der Waals surface area contributed by atoms with Crippen LogP contribution in [0.3, 0.4) is 0 Å². The van der Waals surface area contributed by atoms with Crippen LogP contribution in [0.4, 0.5) is 0 Å². The van der Waals surface area contributed by atoms with Gasteiger partial charge in [-0.3, -0.25) is 0 Å². The minimum atomic E-state index is -3.85. The van der Waals surface area contributed by atoms with Gasteiger partial charge in [0.25, 0.3) is 0 Å². The number of benzene rings is 1. The lowest BCUT2D eigenvalue weighted by atomic mass is 9.98. The predicted octanol–water partition coefficient (Wildman–Crippen LogP) is 3.65. The number of aromatic nitrogens is 3. The number of hydrogen-bond donors (Lipinski definition) is 0. The van der Waals surface area contributed by atoms with Gasteiger partial charge in [-0.05, 0) is 55.7 Å². The Morgan fingerprint density at radius 3 is 2.65 bits per heavy atom. The molecule has 0 atom stereocenters. The van der Waals surface area contributed by atoms with Gasteiger partial charge in [0.1, 0.15) is 0 Å². The molecule has 1 aliphatic rings. The number of nitrogens with zero attached hydrogens (tertiary/aromatic N) is 4. The van der Waals surface area contributed by atoms with Gasteiger partial charge in [-0.15, -0.1) is 0 Å². The summed E-state index contributed by atoms with van der Waals surface area (Å²) in [5, 5.41) is 4.15. The van der Waals surface area contributed by atoms with E-state index in [1.165, 1.54) is 29.1 Å². The quantitative estimate of drug-likeness (QED) is 0.401. The number of aryl methyl sites for hydroxylation is 1. The Labute approximate surface area is 197 Å². The molecule has 34 heavy (non-hydrogen) atoms. The topological polar surface area (TPSA) is 107 Å². The van der Waals surface area contributed by atoms with Crippen molar-refractivity contribution in [3.63, 3.8) is 0 Å². The summed E-state index contributed by atoms with van der Waals surface area (Å²) < 4.78 is 40.2. The zero-order valence-electron chi connectivity index (χ0n) is 18.8. The fraction of sp³-hybridized carbons (Fsp3) is 0.292. The van der Waals surface area contributed by atoms with E-state index in [0.717, 1.165) is 11.1 Å². The number of methoxy groups -OCH3 is 1. The summed E-state index contributed by atoms with van der Waals surface area (Å²) in [6.07, 6.45) is 5.08. The number of carbonyl (C=O) groups excluding carboxylic acids is 1. The highest BCUT2D eigenvalue weighted by atomic mass is 32.2. The number of ether oxygens (including phenoxy) is 1. The lowest BCUT2D eigenvalue weighted by molar-refractivity contribution is 0.0596. The van der Waals surface area contributed by atoms with E-state index in [-0.39, 0.29) is 29.5 Å². The van der Waals surface area contributed by atoms with Crippen LogP contribution in [0.2, 0.25) is 0 Å². The fourth-order valence-electron chi connectivity index (χ4n) is 4.36. The molecule has 3 aromatic heterocycles. The van der Waals surface area contributed by atoms with E-state index in [0.29, 0.717) is 24.6 Å². The monoisotopic (exact) mass is 480 g/mol. The second-order valence-corrected chi connectivity index (χ2v) is 10.3. The fourth-order valence-corrected chi connectivity index (χ4v) is 6.01. The molecule has 0 saturated carbocycles. The number of esters is 1. The Hall–Kier alpha value is -3.50. The number of hydrogen-bond acceptors (Lipinski definition) is 7. The van der Waals surface area contributed by atoms with E-state index in [4.69, 9.17) is 9.26 Å². The molecule has 0 radical (unpaired) electrons. The molecule has 1 aromatic carbocycles. The molecular weight excluding hydrogens is 456 g/mol. The molecule has 4 heterocycles. The number of sulfonamides is 1. The molecule has 1 saturated heterocycles. The van der Waals surface area contributed by atoms with Crippen LogP contribution in [0.15, 0.2) is 64.3 Å². The molecular formula is C24H24N4O5S. The lowest BCUT2D eigenvalue weighted by Gasteiger charge is -2.30. The summed E-state index contributed by atoms with van der Waals surface area (Å²) in [5.74, 6) is 0.290. The summed E-state index contributed by atoms with van der Waals surface area (Å²) in [7, 11) is -2.62. The van der Waals surface area contributed by atoms with Crippen molar-refractivity contribution in [3.05, 3.63) is 71.9 Å². The van der Waals surface area contributed by atoms with Crippen molar-refractivity contribution in [3.8, 4) is 11.4 Å². The molecule has 176 valence electrons. The van der Waals surface area contributed by atoms with Gasteiger partial charge in [0, 0.05) is 42.5 Å². The van der Waals surface area contributed by atoms with Gasteiger partial charge >= 0.3 is 5.97 Å². The van der Waals surface area contributed by atoms with Crippen molar-refractivity contribution < 1.29 is 22.5 Å². The molecule has 9 nitrogen and oxygen atoms in total. The second kappa shape index (κ2) is 8.69. The van der Waals surface area contributed by atoms with E-state index in [1.54, 1.807) is 12.1 Å². The molecule has 4 aromatic rings. The third kappa shape index (κ3) is 3.99. The standard InChI is InChI=1S/C24H24N4O5S/c1-16-13-19-8-7-18(15-27(19)14-16)22-25-23(33-26-22)17-9-11-28(12-10-17)34(30,31)21-6-4-3-5-20(21)24(29)32-2/h3-8,13-15,17H,9-12H2,1-2H3. The highest BCUT2D eigenvalue weighted by Crippen LogP contribution is 2.32. The molecule has 0 amide bonds. The average molecular weight is 481 g/mol. The maximum absolute atomic E-state index is 13.2. The van der Waals surface area contributed by atoms with Crippen molar-refractivity contribution in [1.29, 1.82) is 0 Å². The lowest BCUT2D eigenvalue weighted by Crippen LogP contribution is -2.38. The maximum Gasteiger partial charge on any atom is 0.339 e. The molecule has 5 rings (SSSR count). The van der Waals surface area contributed by atoms with Crippen LogP contribution in [0.5, 0.6) is 0 Å². The molecule has 0 N–H and O–H groups in total. The number of fused-ring (bicyclic) bond motifs is 1. The predicted molar refractivity (Wildman–Crippen MR) is 124 cm³/mol. The Morgan fingerprint density at radius 1 is 1.12 bits per heavy atom. The third-order valence-corrected chi connectivity index (χ3v) is 8.10. The molecule has 0 unspecified atom stereocenters. The van der Waals surface area contributed by atoms with Crippen LogP contribution in [0, 0.1) is 6.92 Å². The van der Waals surface area contributed by atoms with Crippen LogP contribution in [-0.4, -0.2) is 53.4 Å². The number of piperidine rings is 1. The van der Waals surface area contributed by atoms with Crippen molar-refractivity contribution in [2.75, 3.05) is 20.2 Å². The Morgan fingerprint density at radius 2 is 1.88 bits per heavy atom. The van der Waals surface area contributed by atoms with Crippen LogP contribution in [-0.2, 0) is 14.8 Å². The minimum Gasteiger partial charge on any atom is -0.465 e. The van der Waals surface area contributed by atoms with Gasteiger partial charge in [-0.1, -0.05) is 17.3 Å². The van der Waals surface area contributed by atoms with Crippen LogP contribution >= 0.6 is 0 Å². The van der Waals surface area contributed by atoms with Crippen molar-refractivity contribution in [2.24, 2.45) is 0 Å². The Balaban J connectivity index is 1.31. The number of carbonyl (C=O) groups is 1. The first kappa shape index (κ1) is 22.3. The first-order valence-electron chi connectivity index (χ1n) is 11.0. The molecule has 10 heteroatoms. The van der Waals surface area contributed by atoms with E-state index >= 15 is 0 Å². The molecule has 0 aliphatic carbocycles. The Bertz CT molecular complexity index is 1470. The molecule has 1 fully saturated rings. The number of rotatable bonds is 5.